The highest BCUT2D eigenvalue weighted by molar-refractivity contribution is 6.07. The van der Waals surface area contributed by atoms with Gasteiger partial charge in [0.1, 0.15) is 11.2 Å². The van der Waals surface area contributed by atoms with Gasteiger partial charge in [0, 0.05) is 10.8 Å². The quantitative estimate of drug-likeness (QED) is 0.216. The van der Waals surface area contributed by atoms with Crippen LogP contribution in [0.15, 0.2) is 138 Å². The van der Waals surface area contributed by atoms with Crippen LogP contribution in [0.1, 0.15) is 33.2 Å². The Labute approximate surface area is 238 Å². The monoisotopic (exact) mass is 506 g/mol. The molecule has 0 unspecified atom stereocenters. The third kappa shape index (κ3) is 3.62. The first-order valence-corrected chi connectivity index (χ1v) is 13.0. The first kappa shape index (κ1) is 15.5. The second-order valence-electron chi connectivity index (χ2n) is 9.88. The van der Waals surface area contributed by atoms with Crippen LogP contribution in [-0.4, -0.2) is 0 Å². The SMILES string of the molecule is [2H]c1c([2H])c([2H])c2c(Cc3cccc4ccccc34)c3c([2H])c([2H])c([2H])c([2H])c3c(Cc3ccc4c(c3)oc3ccccc34)c2c1[2H]. The van der Waals surface area contributed by atoms with Gasteiger partial charge < -0.3 is 4.42 Å². The Bertz CT molecular complexity index is 2540. The summed E-state index contributed by atoms with van der Waals surface area (Å²) in [5, 5.41) is 4.92. The van der Waals surface area contributed by atoms with Crippen molar-refractivity contribution in [3.63, 3.8) is 0 Å². The fourth-order valence-electron chi connectivity index (χ4n) is 5.86. The van der Waals surface area contributed by atoms with Gasteiger partial charge in [0.15, 0.2) is 0 Å². The van der Waals surface area contributed by atoms with Gasteiger partial charge in [-0.1, -0.05) is 121 Å². The van der Waals surface area contributed by atoms with Gasteiger partial charge in [-0.3, -0.25) is 0 Å². The van der Waals surface area contributed by atoms with Crippen molar-refractivity contribution in [1.29, 1.82) is 0 Å². The van der Waals surface area contributed by atoms with Crippen LogP contribution >= 0.6 is 0 Å². The first-order chi connectivity index (χ1) is 22.7. The molecule has 1 heteroatoms. The molecule has 0 spiro atoms. The van der Waals surface area contributed by atoms with Crippen molar-refractivity contribution >= 4 is 54.3 Å². The predicted octanol–water partition coefficient (Wildman–Crippen LogP) is 10.2. The Morgan fingerprint density at radius 1 is 0.487 bits per heavy atom. The lowest BCUT2D eigenvalue weighted by atomic mass is 9.86. The van der Waals surface area contributed by atoms with Crippen LogP contribution < -0.4 is 0 Å². The largest absolute Gasteiger partial charge is 0.456 e. The molecule has 0 aliphatic carbocycles. The summed E-state index contributed by atoms with van der Waals surface area (Å²) in [5.41, 5.74) is 3.94. The molecule has 0 atom stereocenters. The molecular weight excluding hydrogens is 472 g/mol. The lowest BCUT2D eigenvalue weighted by Gasteiger charge is -2.18. The van der Waals surface area contributed by atoms with Crippen LogP contribution in [0.25, 0.3) is 54.3 Å². The first-order valence-electron chi connectivity index (χ1n) is 17.0. The van der Waals surface area contributed by atoms with Crippen molar-refractivity contribution in [2.24, 2.45) is 0 Å². The summed E-state index contributed by atoms with van der Waals surface area (Å²) in [6.45, 7) is 0. The fraction of sp³-hybridized carbons (Fsp3) is 0.0526. The molecule has 0 amide bonds. The zero-order valence-corrected chi connectivity index (χ0v) is 20.9. The number of fused-ring (bicyclic) bond motifs is 6. The number of para-hydroxylation sites is 1. The van der Waals surface area contributed by atoms with Crippen LogP contribution in [0.5, 0.6) is 0 Å². The molecular formula is C38H26O. The number of hydrogen-bond acceptors (Lipinski definition) is 1. The normalized spacial score (nSPS) is 14.7. The minimum atomic E-state index is -0.396. The van der Waals surface area contributed by atoms with Gasteiger partial charge in [0.05, 0.1) is 11.0 Å². The van der Waals surface area contributed by atoms with Crippen LogP contribution in [0.3, 0.4) is 0 Å². The van der Waals surface area contributed by atoms with Crippen LogP contribution in [-0.2, 0) is 12.8 Å². The fourth-order valence-corrected chi connectivity index (χ4v) is 5.86. The van der Waals surface area contributed by atoms with Gasteiger partial charge in [0.2, 0.25) is 0 Å². The molecule has 0 fully saturated rings. The molecule has 0 saturated heterocycles. The minimum absolute atomic E-state index is 0.152. The van der Waals surface area contributed by atoms with Gasteiger partial charge in [-0.05, 0) is 79.5 Å². The molecule has 1 nitrogen and oxygen atoms in total. The van der Waals surface area contributed by atoms with E-state index in [0.717, 1.165) is 38.3 Å². The summed E-state index contributed by atoms with van der Waals surface area (Å²) in [5.74, 6) is 0. The van der Waals surface area contributed by atoms with E-state index < -0.39 is 24.2 Å². The molecule has 0 N–H and O–H groups in total. The van der Waals surface area contributed by atoms with Crippen molar-refractivity contribution in [2.75, 3.05) is 0 Å². The maximum atomic E-state index is 9.14. The van der Waals surface area contributed by atoms with E-state index in [-0.39, 0.29) is 58.6 Å². The summed E-state index contributed by atoms with van der Waals surface area (Å²) in [6, 6.07) is 24.7. The molecule has 184 valence electrons. The number of rotatable bonds is 4. The Morgan fingerprint density at radius 3 is 1.82 bits per heavy atom. The van der Waals surface area contributed by atoms with Crippen molar-refractivity contribution in [3.05, 3.63) is 156 Å². The summed E-state index contributed by atoms with van der Waals surface area (Å²) in [4.78, 5) is 0. The van der Waals surface area contributed by atoms with Crippen LogP contribution in [0.4, 0.5) is 0 Å². The topological polar surface area (TPSA) is 13.1 Å². The standard InChI is InChI=1S/C38H26O/c1-2-13-28-26(10-1)11-9-12-27(28)24-36-31-16-5-3-14-29(31)35(30-15-4-6-17-32(30)36)22-25-20-21-34-33-18-7-8-19-37(33)39-38(34)23-25/h1-21,23H,22,24H2/i3D,4D,5D,6D,14D,15D,16D,17D. The van der Waals surface area contributed by atoms with E-state index >= 15 is 0 Å². The molecule has 39 heavy (non-hydrogen) atoms. The Balaban J connectivity index is 1.49. The van der Waals surface area contributed by atoms with Crippen molar-refractivity contribution in [3.8, 4) is 0 Å². The average molecular weight is 507 g/mol. The predicted molar refractivity (Wildman–Crippen MR) is 165 cm³/mol. The number of furan rings is 1. The summed E-state index contributed by atoms with van der Waals surface area (Å²) < 4.78 is 77.2. The zero-order valence-electron chi connectivity index (χ0n) is 28.9. The van der Waals surface area contributed by atoms with E-state index in [4.69, 9.17) is 15.4 Å². The van der Waals surface area contributed by atoms with E-state index in [1.807, 2.05) is 84.9 Å². The lowest BCUT2D eigenvalue weighted by molar-refractivity contribution is 0.668. The molecule has 8 rings (SSSR count). The number of hydrogen-bond donors (Lipinski definition) is 0. The van der Waals surface area contributed by atoms with E-state index in [0.29, 0.717) is 16.7 Å². The van der Waals surface area contributed by atoms with Gasteiger partial charge in [-0.2, -0.15) is 0 Å². The average Bonchev–Trinajstić information content (AvgIpc) is 3.46. The van der Waals surface area contributed by atoms with Gasteiger partial charge in [0.25, 0.3) is 0 Å². The molecule has 0 bridgehead atoms. The van der Waals surface area contributed by atoms with E-state index in [9.17, 15) is 0 Å². The summed E-state index contributed by atoms with van der Waals surface area (Å²) in [6.07, 6.45) is 0.350. The summed E-state index contributed by atoms with van der Waals surface area (Å²) in [7, 11) is 0. The lowest BCUT2D eigenvalue weighted by Crippen LogP contribution is -1.99. The second kappa shape index (κ2) is 8.85. The van der Waals surface area contributed by atoms with Gasteiger partial charge >= 0.3 is 0 Å². The molecule has 0 aliphatic rings. The third-order valence-electron chi connectivity index (χ3n) is 7.65. The highest BCUT2D eigenvalue weighted by Crippen LogP contribution is 2.37. The smallest absolute Gasteiger partial charge is 0.135 e. The van der Waals surface area contributed by atoms with Crippen molar-refractivity contribution in [1.82, 2.24) is 0 Å². The maximum absolute atomic E-state index is 9.14. The molecule has 0 aliphatic heterocycles. The number of benzene rings is 7. The molecule has 0 radical (unpaired) electrons. The molecule has 1 aromatic heterocycles. The van der Waals surface area contributed by atoms with Crippen molar-refractivity contribution < 1.29 is 15.4 Å². The van der Waals surface area contributed by atoms with Crippen molar-refractivity contribution in [2.45, 2.75) is 12.8 Å². The highest BCUT2D eigenvalue weighted by atomic mass is 16.3. The Kier molecular flexibility index (Phi) is 3.52. The molecule has 0 saturated carbocycles. The van der Waals surface area contributed by atoms with Crippen LogP contribution in [0, 0.1) is 0 Å². The summed E-state index contributed by atoms with van der Waals surface area (Å²) >= 11 is 0. The minimum Gasteiger partial charge on any atom is -0.456 e. The molecule has 7 aromatic carbocycles. The zero-order chi connectivity index (χ0) is 32.7. The third-order valence-corrected chi connectivity index (χ3v) is 7.65. The highest BCUT2D eigenvalue weighted by Gasteiger charge is 2.16. The van der Waals surface area contributed by atoms with Gasteiger partial charge in [-0.15, -0.1) is 0 Å². The van der Waals surface area contributed by atoms with E-state index in [1.54, 1.807) is 0 Å². The second-order valence-corrected chi connectivity index (χ2v) is 9.88. The molecule has 8 aromatic rings. The van der Waals surface area contributed by atoms with E-state index in [2.05, 4.69) is 0 Å². The Morgan fingerprint density at radius 2 is 1.08 bits per heavy atom. The van der Waals surface area contributed by atoms with Crippen LogP contribution in [0.2, 0.25) is 0 Å². The molecule has 1 heterocycles. The Hall–Kier alpha value is -4.88. The maximum Gasteiger partial charge on any atom is 0.135 e. The van der Waals surface area contributed by atoms with E-state index in [1.165, 1.54) is 0 Å². The van der Waals surface area contributed by atoms with Gasteiger partial charge in [-0.25, -0.2) is 0 Å².